The van der Waals surface area contributed by atoms with Crippen LogP contribution in [0.2, 0.25) is 0 Å². The molecule has 1 N–H and O–H groups in total. The Morgan fingerprint density at radius 2 is 1.80 bits per heavy atom. The van der Waals surface area contributed by atoms with Crippen molar-refractivity contribution in [3.8, 4) is 0 Å². The third-order valence-corrected chi connectivity index (χ3v) is 4.60. The van der Waals surface area contributed by atoms with Crippen molar-refractivity contribution in [1.29, 1.82) is 0 Å². The number of aliphatic hydroxyl groups excluding tert-OH is 1. The highest BCUT2D eigenvalue weighted by Crippen LogP contribution is 2.30. The van der Waals surface area contributed by atoms with E-state index in [4.69, 9.17) is 0 Å². The van der Waals surface area contributed by atoms with Gasteiger partial charge in [-0.2, -0.15) is 0 Å². The summed E-state index contributed by atoms with van der Waals surface area (Å²) in [5, 5.41) is 20.7. The van der Waals surface area contributed by atoms with Crippen LogP contribution in [0.3, 0.4) is 0 Å². The molecule has 0 bridgehead atoms. The molecule has 132 valence electrons. The molecule has 2 aromatic carbocycles. The van der Waals surface area contributed by atoms with Gasteiger partial charge in [-0.3, -0.25) is 15.0 Å². The zero-order chi connectivity index (χ0) is 17.6. The Bertz CT molecular complexity index is 721. The van der Waals surface area contributed by atoms with Gasteiger partial charge in [0, 0.05) is 38.8 Å². The van der Waals surface area contributed by atoms with Gasteiger partial charge in [0.15, 0.2) is 0 Å². The zero-order valence-electron chi connectivity index (χ0n) is 14.2. The molecule has 25 heavy (non-hydrogen) atoms. The number of nitro benzene ring substituents is 1. The molecule has 1 saturated heterocycles. The quantitative estimate of drug-likeness (QED) is 0.669. The number of nitro groups is 1. The van der Waals surface area contributed by atoms with Gasteiger partial charge in [0.1, 0.15) is 5.69 Å². The van der Waals surface area contributed by atoms with E-state index >= 15 is 0 Å². The highest BCUT2D eigenvalue weighted by molar-refractivity contribution is 5.64. The topological polar surface area (TPSA) is 69.8 Å². The predicted octanol–water partition coefficient (Wildman–Crippen LogP) is 2.80. The standard InChI is InChI=1S/C19H23N3O3/c23-15-17-7-8-18(22(24)25)19(13-17)21-10-4-9-20(11-12-21)14-16-5-2-1-3-6-16/h1-3,5-8,13,23H,4,9-12,14-15H2. The summed E-state index contributed by atoms with van der Waals surface area (Å²) in [5.74, 6) is 0. The summed E-state index contributed by atoms with van der Waals surface area (Å²) in [6, 6.07) is 15.2. The maximum atomic E-state index is 11.4. The molecule has 0 aliphatic carbocycles. The molecule has 1 aliphatic heterocycles. The molecule has 2 aromatic rings. The molecule has 1 heterocycles. The predicted molar refractivity (Wildman–Crippen MR) is 97.6 cm³/mol. The minimum absolute atomic E-state index is 0.105. The SMILES string of the molecule is O=[N+]([O-])c1ccc(CO)cc1N1CCCN(Cc2ccccc2)CC1. The summed E-state index contributed by atoms with van der Waals surface area (Å²) in [4.78, 5) is 15.5. The van der Waals surface area contributed by atoms with Gasteiger partial charge in [0.2, 0.25) is 0 Å². The minimum Gasteiger partial charge on any atom is -0.392 e. The summed E-state index contributed by atoms with van der Waals surface area (Å²) in [7, 11) is 0. The Morgan fingerprint density at radius 3 is 2.52 bits per heavy atom. The maximum Gasteiger partial charge on any atom is 0.292 e. The fourth-order valence-corrected chi connectivity index (χ4v) is 3.29. The fraction of sp³-hybridized carbons (Fsp3) is 0.368. The molecule has 0 unspecified atom stereocenters. The van der Waals surface area contributed by atoms with Crippen molar-refractivity contribution in [1.82, 2.24) is 4.90 Å². The van der Waals surface area contributed by atoms with Gasteiger partial charge >= 0.3 is 0 Å². The van der Waals surface area contributed by atoms with Crippen LogP contribution in [0, 0.1) is 10.1 Å². The molecule has 0 radical (unpaired) electrons. The van der Waals surface area contributed by atoms with Gasteiger partial charge in [-0.25, -0.2) is 0 Å². The van der Waals surface area contributed by atoms with Crippen LogP contribution >= 0.6 is 0 Å². The van der Waals surface area contributed by atoms with E-state index in [0.717, 1.165) is 39.1 Å². The van der Waals surface area contributed by atoms with E-state index in [9.17, 15) is 15.2 Å². The Morgan fingerprint density at radius 1 is 1.00 bits per heavy atom. The van der Waals surface area contributed by atoms with E-state index < -0.39 is 0 Å². The number of anilines is 1. The molecule has 3 rings (SSSR count). The van der Waals surface area contributed by atoms with Gasteiger partial charge in [-0.15, -0.1) is 0 Å². The molecule has 0 saturated carbocycles. The maximum absolute atomic E-state index is 11.4. The summed E-state index contributed by atoms with van der Waals surface area (Å²) in [6.45, 7) is 4.13. The zero-order valence-corrected chi connectivity index (χ0v) is 14.2. The van der Waals surface area contributed by atoms with Crippen LogP contribution in [-0.2, 0) is 13.2 Å². The second kappa shape index (κ2) is 8.09. The monoisotopic (exact) mass is 341 g/mol. The number of aliphatic hydroxyl groups is 1. The molecule has 1 aliphatic rings. The molecule has 0 aromatic heterocycles. The van der Waals surface area contributed by atoms with Crippen molar-refractivity contribution in [2.45, 2.75) is 19.6 Å². The minimum atomic E-state index is -0.344. The third-order valence-electron chi connectivity index (χ3n) is 4.60. The number of nitrogens with zero attached hydrogens (tertiary/aromatic N) is 3. The normalized spacial score (nSPS) is 15.8. The lowest BCUT2D eigenvalue weighted by Crippen LogP contribution is -2.30. The molecular weight excluding hydrogens is 318 g/mol. The van der Waals surface area contributed by atoms with Crippen molar-refractivity contribution < 1.29 is 10.0 Å². The average Bonchev–Trinajstić information content (AvgIpc) is 2.87. The van der Waals surface area contributed by atoms with Gasteiger partial charge in [0.05, 0.1) is 11.5 Å². The van der Waals surface area contributed by atoms with Crippen LogP contribution < -0.4 is 4.90 Å². The highest BCUT2D eigenvalue weighted by atomic mass is 16.6. The molecule has 0 atom stereocenters. The van der Waals surface area contributed by atoms with Crippen LogP contribution in [0.25, 0.3) is 0 Å². The summed E-state index contributed by atoms with van der Waals surface area (Å²) in [6.07, 6.45) is 0.952. The second-order valence-electron chi connectivity index (χ2n) is 6.34. The first-order valence-corrected chi connectivity index (χ1v) is 8.57. The number of rotatable bonds is 5. The number of benzene rings is 2. The lowest BCUT2D eigenvalue weighted by atomic mass is 10.1. The van der Waals surface area contributed by atoms with Crippen molar-refractivity contribution in [3.63, 3.8) is 0 Å². The molecular formula is C19H23N3O3. The van der Waals surface area contributed by atoms with Gasteiger partial charge < -0.3 is 10.0 Å². The van der Waals surface area contributed by atoms with Crippen LogP contribution in [-0.4, -0.2) is 41.1 Å². The van der Waals surface area contributed by atoms with E-state index in [2.05, 4.69) is 21.9 Å². The molecule has 1 fully saturated rings. The van der Waals surface area contributed by atoms with E-state index in [0.29, 0.717) is 11.3 Å². The van der Waals surface area contributed by atoms with E-state index in [1.165, 1.54) is 11.6 Å². The Labute approximate surface area is 147 Å². The number of hydrogen-bond acceptors (Lipinski definition) is 5. The summed E-state index contributed by atoms with van der Waals surface area (Å²) >= 11 is 0. The summed E-state index contributed by atoms with van der Waals surface area (Å²) in [5.41, 5.74) is 2.70. The number of hydrogen-bond donors (Lipinski definition) is 1. The van der Waals surface area contributed by atoms with Crippen molar-refractivity contribution in [2.75, 3.05) is 31.1 Å². The lowest BCUT2D eigenvalue weighted by molar-refractivity contribution is -0.384. The van der Waals surface area contributed by atoms with Crippen LogP contribution in [0.1, 0.15) is 17.5 Å². The average molecular weight is 341 g/mol. The first kappa shape index (κ1) is 17.4. The highest BCUT2D eigenvalue weighted by Gasteiger charge is 2.22. The van der Waals surface area contributed by atoms with Crippen molar-refractivity contribution in [3.05, 3.63) is 69.8 Å². The summed E-state index contributed by atoms with van der Waals surface area (Å²) < 4.78 is 0. The smallest absolute Gasteiger partial charge is 0.292 e. The lowest BCUT2D eigenvalue weighted by Gasteiger charge is -2.24. The van der Waals surface area contributed by atoms with Crippen molar-refractivity contribution >= 4 is 11.4 Å². The van der Waals surface area contributed by atoms with Crippen LogP contribution in [0.15, 0.2) is 48.5 Å². The Hall–Kier alpha value is -2.44. The van der Waals surface area contributed by atoms with E-state index in [1.54, 1.807) is 12.1 Å². The first-order chi connectivity index (χ1) is 12.2. The molecule has 6 nitrogen and oxygen atoms in total. The van der Waals surface area contributed by atoms with Gasteiger partial charge in [-0.1, -0.05) is 30.3 Å². The molecule has 0 amide bonds. The Balaban J connectivity index is 1.73. The third kappa shape index (κ3) is 4.35. The van der Waals surface area contributed by atoms with E-state index in [1.807, 2.05) is 18.2 Å². The van der Waals surface area contributed by atoms with Crippen LogP contribution in [0.5, 0.6) is 0 Å². The van der Waals surface area contributed by atoms with Crippen molar-refractivity contribution in [2.24, 2.45) is 0 Å². The van der Waals surface area contributed by atoms with E-state index in [-0.39, 0.29) is 17.2 Å². The van der Waals surface area contributed by atoms with Crippen LogP contribution in [0.4, 0.5) is 11.4 Å². The van der Waals surface area contributed by atoms with Gasteiger partial charge in [0.25, 0.3) is 5.69 Å². The second-order valence-corrected chi connectivity index (χ2v) is 6.34. The molecule has 0 spiro atoms. The molecule has 6 heteroatoms. The van der Waals surface area contributed by atoms with Gasteiger partial charge in [-0.05, 0) is 29.7 Å². The fourth-order valence-electron chi connectivity index (χ4n) is 3.29. The Kier molecular flexibility index (Phi) is 5.63. The largest absolute Gasteiger partial charge is 0.392 e. The first-order valence-electron chi connectivity index (χ1n) is 8.57.